The Kier molecular flexibility index (Phi) is 3.75. The highest BCUT2D eigenvalue weighted by molar-refractivity contribution is 6.23. The molecule has 1 fully saturated rings. The summed E-state index contributed by atoms with van der Waals surface area (Å²) in [4.78, 5) is 12.6. The third-order valence-corrected chi connectivity index (χ3v) is 5.23. The molecule has 3 heteroatoms. The van der Waals surface area contributed by atoms with Crippen molar-refractivity contribution in [3.05, 3.63) is 40.1 Å². The van der Waals surface area contributed by atoms with Crippen molar-refractivity contribution in [1.82, 2.24) is 5.32 Å². The van der Waals surface area contributed by atoms with E-state index in [0.717, 1.165) is 48.8 Å². The molecule has 1 spiro atoms. The predicted octanol–water partition coefficient (Wildman–Crippen LogP) is 3.97. The maximum Gasteiger partial charge on any atom is 0.256 e. The zero-order valence-corrected chi connectivity index (χ0v) is 13.8. The summed E-state index contributed by atoms with van der Waals surface area (Å²) in [5, 5.41) is 13.9. The Morgan fingerprint density at radius 2 is 1.73 bits per heavy atom. The fourth-order valence-corrected chi connectivity index (χ4v) is 4.09. The van der Waals surface area contributed by atoms with Crippen LogP contribution in [0.1, 0.15) is 61.3 Å². The van der Waals surface area contributed by atoms with Gasteiger partial charge in [0.1, 0.15) is 5.76 Å². The Morgan fingerprint density at radius 3 is 2.27 bits per heavy atom. The molecule has 118 valence electrons. The molecule has 0 bridgehead atoms. The summed E-state index contributed by atoms with van der Waals surface area (Å²) in [5.74, 6) is 0.155. The highest BCUT2D eigenvalue weighted by Gasteiger charge is 2.46. The molecule has 22 heavy (non-hydrogen) atoms. The monoisotopic (exact) mass is 299 g/mol. The van der Waals surface area contributed by atoms with Gasteiger partial charge in [-0.1, -0.05) is 38.3 Å². The van der Waals surface area contributed by atoms with Crippen LogP contribution >= 0.6 is 0 Å². The van der Waals surface area contributed by atoms with Crippen LogP contribution in [-0.4, -0.2) is 16.6 Å². The predicted molar refractivity (Wildman–Crippen MR) is 88.8 cm³/mol. The number of hydrogen-bond acceptors (Lipinski definition) is 2. The summed E-state index contributed by atoms with van der Waals surface area (Å²) in [7, 11) is 0. The Bertz CT molecular complexity index is 628. The second-order valence-corrected chi connectivity index (χ2v) is 6.78. The first-order valence-electron chi connectivity index (χ1n) is 8.35. The van der Waals surface area contributed by atoms with Gasteiger partial charge in [-0.05, 0) is 55.4 Å². The number of aryl methyl sites for hydroxylation is 3. The summed E-state index contributed by atoms with van der Waals surface area (Å²) in [5.41, 5.74) is 4.31. The Labute approximate surface area is 132 Å². The second-order valence-electron chi connectivity index (χ2n) is 6.78. The van der Waals surface area contributed by atoms with E-state index in [0.29, 0.717) is 5.57 Å². The topological polar surface area (TPSA) is 49.3 Å². The highest BCUT2D eigenvalue weighted by atomic mass is 16.3. The summed E-state index contributed by atoms with van der Waals surface area (Å²) in [6, 6.07) is 4.25. The van der Waals surface area contributed by atoms with Crippen molar-refractivity contribution >= 4 is 11.5 Å². The smallest absolute Gasteiger partial charge is 0.256 e. The standard InChI is InChI=1S/C19H25NO2/c1-4-14-10-12(2)15(13(3)11-14)16-17(21)19(20-18(16)22)8-6-5-7-9-19/h10-11,21H,4-9H2,1-3H3,(H,20,22). The zero-order valence-electron chi connectivity index (χ0n) is 13.8. The average molecular weight is 299 g/mol. The minimum atomic E-state index is -0.507. The summed E-state index contributed by atoms with van der Waals surface area (Å²) in [6.07, 6.45) is 5.97. The molecular weight excluding hydrogens is 274 g/mol. The zero-order chi connectivity index (χ0) is 15.9. The molecule has 2 N–H and O–H groups in total. The van der Waals surface area contributed by atoms with Gasteiger partial charge in [-0.3, -0.25) is 4.79 Å². The average Bonchev–Trinajstić information content (AvgIpc) is 2.71. The van der Waals surface area contributed by atoms with Gasteiger partial charge in [0.15, 0.2) is 0 Å². The van der Waals surface area contributed by atoms with E-state index in [1.165, 1.54) is 12.0 Å². The molecule has 1 aromatic carbocycles. The lowest BCUT2D eigenvalue weighted by molar-refractivity contribution is -0.116. The van der Waals surface area contributed by atoms with Crippen LogP contribution in [0.15, 0.2) is 17.9 Å². The van der Waals surface area contributed by atoms with Crippen LogP contribution in [0.2, 0.25) is 0 Å². The number of nitrogens with one attached hydrogen (secondary N) is 1. The number of rotatable bonds is 2. The van der Waals surface area contributed by atoms with Crippen molar-refractivity contribution in [1.29, 1.82) is 0 Å². The van der Waals surface area contributed by atoms with E-state index >= 15 is 0 Å². The van der Waals surface area contributed by atoms with E-state index in [4.69, 9.17) is 0 Å². The maximum absolute atomic E-state index is 12.6. The van der Waals surface area contributed by atoms with E-state index in [2.05, 4.69) is 24.4 Å². The largest absolute Gasteiger partial charge is 0.509 e. The summed E-state index contributed by atoms with van der Waals surface area (Å²) in [6.45, 7) is 6.19. The number of benzene rings is 1. The lowest BCUT2D eigenvalue weighted by Gasteiger charge is -2.33. The van der Waals surface area contributed by atoms with Gasteiger partial charge in [0.05, 0.1) is 11.1 Å². The molecule has 0 saturated heterocycles. The molecule has 3 rings (SSSR count). The Morgan fingerprint density at radius 1 is 1.14 bits per heavy atom. The molecule has 1 saturated carbocycles. The number of amides is 1. The van der Waals surface area contributed by atoms with Gasteiger partial charge in [-0.2, -0.15) is 0 Å². The number of carbonyl (C=O) groups is 1. The number of hydrogen-bond donors (Lipinski definition) is 2. The number of aliphatic hydroxyl groups is 1. The molecule has 1 aromatic rings. The van der Waals surface area contributed by atoms with Gasteiger partial charge >= 0.3 is 0 Å². The quantitative estimate of drug-likeness (QED) is 0.868. The third kappa shape index (κ3) is 2.23. The van der Waals surface area contributed by atoms with E-state index in [1.54, 1.807) is 0 Å². The Balaban J connectivity index is 2.13. The molecule has 1 aliphatic heterocycles. The van der Waals surface area contributed by atoms with Crippen molar-refractivity contribution < 1.29 is 9.90 Å². The van der Waals surface area contributed by atoms with E-state index < -0.39 is 5.54 Å². The first kappa shape index (κ1) is 15.1. The van der Waals surface area contributed by atoms with Gasteiger partial charge in [0, 0.05) is 0 Å². The molecular formula is C19H25NO2. The maximum atomic E-state index is 12.6. The number of carbonyl (C=O) groups excluding carboxylic acids is 1. The van der Waals surface area contributed by atoms with Crippen LogP contribution in [0.25, 0.3) is 5.57 Å². The van der Waals surface area contributed by atoms with Crippen molar-refractivity contribution in [2.24, 2.45) is 0 Å². The van der Waals surface area contributed by atoms with E-state index in [9.17, 15) is 9.90 Å². The van der Waals surface area contributed by atoms with Gasteiger partial charge in [0.2, 0.25) is 0 Å². The first-order chi connectivity index (χ1) is 10.5. The van der Waals surface area contributed by atoms with Gasteiger partial charge < -0.3 is 10.4 Å². The van der Waals surface area contributed by atoms with Crippen molar-refractivity contribution in [3.63, 3.8) is 0 Å². The number of aliphatic hydroxyl groups excluding tert-OH is 1. The molecule has 0 aromatic heterocycles. The second kappa shape index (κ2) is 5.45. The van der Waals surface area contributed by atoms with Crippen LogP contribution in [-0.2, 0) is 11.2 Å². The van der Waals surface area contributed by atoms with Crippen LogP contribution < -0.4 is 5.32 Å². The molecule has 1 heterocycles. The van der Waals surface area contributed by atoms with E-state index in [1.807, 2.05) is 13.8 Å². The fraction of sp³-hybridized carbons (Fsp3) is 0.526. The lowest BCUT2D eigenvalue weighted by Crippen LogP contribution is -2.46. The van der Waals surface area contributed by atoms with Gasteiger partial charge in [-0.25, -0.2) is 0 Å². The van der Waals surface area contributed by atoms with E-state index in [-0.39, 0.29) is 11.7 Å². The first-order valence-corrected chi connectivity index (χ1v) is 8.35. The van der Waals surface area contributed by atoms with Gasteiger partial charge in [-0.15, -0.1) is 0 Å². The summed E-state index contributed by atoms with van der Waals surface area (Å²) >= 11 is 0. The molecule has 2 aliphatic rings. The van der Waals surface area contributed by atoms with Crippen molar-refractivity contribution in [2.75, 3.05) is 0 Å². The third-order valence-electron chi connectivity index (χ3n) is 5.23. The molecule has 0 radical (unpaired) electrons. The summed E-state index contributed by atoms with van der Waals surface area (Å²) < 4.78 is 0. The van der Waals surface area contributed by atoms with Crippen LogP contribution in [0.5, 0.6) is 0 Å². The molecule has 0 atom stereocenters. The fourth-order valence-electron chi connectivity index (χ4n) is 4.09. The minimum absolute atomic E-state index is 0.116. The van der Waals surface area contributed by atoms with Gasteiger partial charge in [0.25, 0.3) is 5.91 Å². The van der Waals surface area contributed by atoms with Crippen LogP contribution in [0.3, 0.4) is 0 Å². The SMILES string of the molecule is CCc1cc(C)c(C2=C(O)C3(CCCCC3)NC2=O)c(C)c1. The minimum Gasteiger partial charge on any atom is -0.509 e. The van der Waals surface area contributed by atoms with Crippen LogP contribution in [0.4, 0.5) is 0 Å². The highest BCUT2D eigenvalue weighted by Crippen LogP contribution is 2.42. The molecule has 1 aliphatic carbocycles. The van der Waals surface area contributed by atoms with Crippen molar-refractivity contribution in [2.45, 2.75) is 64.8 Å². The molecule has 1 amide bonds. The molecule has 0 unspecified atom stereocenters. The van der Waals surface area contributed by atoms with Crippen LogP contribution in [0, 0.1) is 13.8 Å². The van der Waals surface area contributed by atoms with Crippen molar-refractivity contribution in [3.8, 4) is 0 Å². The Hall–Kier alpha value is -1.77. The molecule has 3 nitrogen and oxygen atoms in total. The normalized spacial score (nSPS) is 20.6. The lowest BCUT2D eigenvalue weighted by atomic mass is 9.80.